The van der Waals surface area contributed by atoms with Crippen molar-refractivity contribution in [1.29, 1.82) is 0 Å². The predicted molar refractivity (Wildman–Crippen MR) is 148 cm³/mol. The zero-order chi connectivity index (χ0) is 31.0. The molecule has 4 aromatic rings. The van der Waals surface area contributed by atoms with Gasteiger partial charge in [0.25, 0.3) is 0 Å². The molecule has 0 amide bonds. The van der Waals surface area contributed by atoms with E-state index in [2.05, 4.69) is 0 Å². The quantitative estimate of drug-likeness (QED) is 0.0905. The zero-order valence-electron chi connectivity index (χ0n) is 22.1. The lowest BCUT2D eigenvalue weighted by atomic mass is 9.89. The third-order valence-electron chi connectivity index (χ3n) is 6.97. The second kappa shape index (κ2) is 11.7. The van der Waals surface area contributed by atoms with Crippen LogP contribution in [-0.4, -0.2) is 77.8 Å². The van der Waals surface area contributed by atoms with Crippen molar-refractivity contribution in [3.05, 3.63) is 82.0 Å². The molecule has 1 aliphatic heterocycles. The number of esters is 1. The molecule has 1 aliphatic rings. The van der Waals surface area contributed by atoms with Gasteiger partial charge in [-0.2, -0.15) is 0 Å². The van der Waals surface area contributed by atoms with Gasteiger partial charge >= 0.3 is 5.97 Å². The first kappa shape index (κ1) is 29.4. The minimum Gasteiger partial charge on any atom is -0.508 e. The van der Waals surface area contributed by atoms with E-state index in [4.69, 9.17) is 13.9 Å². The van der Waals surface area contributed by atoms with Gasteiger partial charge in [0.1, 0.15) is 52.8 Å². The summed E-state index contributed by atoms with van der Waals surface area (Å²) in [6, 6.07) is 11.2. The van der Waals surface area contributed by atoms with E-state index in [9.17, 15) is 50.4 Å². The van der Waals surface area contributed by atoms with Crippen LogP contribution >= 0.6 is 0 Å². The minimum atomic E-state index is -1.87. The Morgan fingerprint density at radius 3 is 2.26 bits per heavy atom. The standard InChI is InChI=1S/C30H26O13/c31-12-22-26(39)27(40)30(43-23(38)8-3-13-1-5-15(32)6-2-13)29(42-22)25-19(36)10-18(35)24-20(37)11-21(41-28(24)25)14-4-7-16(33)17(34)9-14/h1-11,22,26-27,29-36,39-40H,12H2/b8-3+/t22-,26-,27+,29+,30+/m1/s1. The number of fused-ring (bicyclic) bond motifs is 1. The third kappa shape index (κ3) is 5.69. The lowest BCUT2D eigenvalue weighted by molar-refractivity contribution is -0.239. The maximum Gasteiger partial charge on any atom is 0.331 e. The Labute approximate surface area is 242 Å². The summed E-state index contributed by atoms with van der Waals surface area (Å²) in [5, 5.41) is 81.4. The Balaban J connectivity index is 1.62. The fourth-order valence-corrected chi connectivity index (χ4v) is 4.79. The Bertz CT molecular complexity index is 1760. The topological polar surface area (TPSA) is 228 Å². The summed E-state index contributed by atoms with van der Waals surface area (Å²) in [5.41, 5.74) is -0.955. The van der Waals surface area contributed by atoms with E-state index in [1.54, 1.807) is 0 Å². The smallest absolute Gasteiger partial charge is 0.331 e. The van der Waals surface area contributed by atoms with Crippen LogP contribution in [-0.2, 0) is 14.3 Å². The van der Waals surface area contributed by atoms with E-state index in [1.807, 2.05) is 0 Å². The number of phenolic OH excluding ortho intramolecular Hbond substituents is 5. The first-order chi connectivity index (χ1) is 20.5. The molecule has 1 aromatic heterocycles. The van der Waals surface area contributed by atoms with Crippen LogP contribution in [0, 0.1) is 0 Å². The number of aliphatic hydroxyl groups excluding tert-OH is 3. The van der Waals surface area contributed by atoms with Crippen molar-refractivity contribution in [2.75, 3.05) is 6.61 Å². The molecule has 0 aliphatic carbocycles. The second-order valence-electron chi connectivity index (χ2n) is 9.80. The zero-order valence-corrected chi connectivity index (χ0v) is 22.1. The highest BCUT2D eigenvalue weighted by Gasteiger charge is 2.49. The summed E-state index contributed by atoms with van der Waals surface area (Å²) in [6.07, 6.45) is -6.08. The molecule has 0 spiro atoms. The molecule has 3 aromatic carbocycles. The molecule has 5 atom stereocenters. The number of aliphatic hydroxyl groups is 3. The average molecular weight is 595 g/mol. The van der Waals surface area contributed by atoms with Crippen LogP contribution in [0.4, 0.5) is 0 Å². The third-order valence-corrected chi connectivity index (χ3v) is 6.97. The summed E-state index contributed by atoms with van der Waals surface area (Å²) in [4.78, 5) is 25.9. The summed E-state index contributed by atoms with van der Waals surface area (Å²) < 4.78 is 17.1. The number of benzene rings is 3. The highest BCUT2D eigenvalue weighted by molar-refractivity contribution is 5.90. The van der Waals surface area contributed by atoms with Crippen LogP contribution < -0.4 is 5.43 Å². The van der Waals surface area contributed by atoms with E-state index in [0.29, 0.717) is 5.56 Å². The van der Waals surface area contributed by atoms with E-state index < -0.39 is 82.5 Å². The lowest BCUT2D eigenvalue weighted by Crippen LogP contribution is -2.56. The van der Waals surface area contributed by atoms with Crippen LogP contribution in [0.25, 0.3) is 28.4 Å². The van der Waals surface area contributed by atoms with E-state index in [0.717, 1.165) is 30.3 Å². The van der Waals surface area contributed by atoms with Crippen molar-refractivity contribution in [2.45, 2.75) is 30.5 Å². The molecule has 8 N–H and O–H groups in total. The van der Waals surface area contributed by atoms with Crippen LogP contribution in [0.5, 0.6) is 28.7 Å². The van der Waals surface area contributed by atoms with Crippen molar-refractivity contribution in [3.63, 3.8) is 0 Å². The minimum absolute atomic E-state index is 0.00965. The molecule has 0 unspecified atom stereocenters. The first-order valence-electron chi connectivity index (χ1n) is 12.8. The Morgan fingerprint density at radius 2 is 1.58 bits per heavy atom. The average Bonchev–Trinajstić information content (AvgIpc) is 2.97. The second-order valence-corrected chi connectivity index (χ2v) is 9.80. The first-order valence-corrected chi connectivity index (χ1v) is 12.8. The lowest BCUT2D eigenvalue weighted by Gasteiger charge is -2.41. The molecule has 43 heavy (non-hydrogen) atoms. The Morgan fingerprint density at radius 1 is 0.860 bits per heavy atom. The van der Waals surface area contributed by atoms with Gasteiger partial charge in [-0.1, -0.05) is 12.1 Å². The van der Waals surface area contributed by atoms with Gasteiger partial charge in [-0.15, -0.1) is 0 Å². The number of ether oxygens (including phenoxy) is 2. The number of hydrogen-bond acceptors (Lipinski definition) is 13. The molecule has 224 valence electrons. The summed E-state index contributed by atoms with van der Waals surface area (Å²) in [5.74, 6) is -3.51. The molecular weight excluding hydrogens is 568 g/mol. The largest absolute Gasteiger partial charge is 0.508 e. The van der Waals surface area contributed by atoms with Crippen LogP contribution in [0.2, 0.25) is 0 Å². The molecule has 1 fully saturated rings. The molecule has 0 bridgehead atoms. The highest BCUT2D eigenvalue weighted by atomic mass is 16.6. The number of rotatable bonds is 6. The molecule has 0 saturated carbocycles. The SMILES string of the molecule is O=C(/C=C/c1ccc(O)cc1)O[C@H]1[C@@H](O)[C@H](O)[C@@H](CO)O[C@H]1c1c(O)cc(O)c2c(=O)cc(-c3ccc(O)c(O)c3)oc12. The van der Waals surface area contributed by atoms with Gasteiger partial charge in [-0.05, 0) is 42.0 Å². The van der Waals surface area contributed by atoms with Gasteiger partial charge in [-0.25, -0.2) is 4.79 Å². The van der Waals surface area contributed by atoms with Gasteiger partial charge < -0.3 is 54.7 Å². The molecule has 5 rings (SSSR count). The Kier molecular flexibility index (Phi) is 7.98. The maximum atomic E-state index is 13.1. The number of hydrogen-bond donors (Lipinski definition) is 8. The monoisotopic (exact) mass is 594 g/mol. The fourth-order valence-electron chi connectivity index (χ4n) is 4.79. The van der Waals surface area contributed by atoms with Crippen molar-refractivity contribution in [3.8, 4) is 40.1 Å². The van der Waals surface area contributed by atoms with Crippen LogP contribution in [0.3, 0.4) is 0 Å². The van der Waals surface area contributed by atoms with Crippen molar-refractivity contribution in [1.82, 2.24) is 0 Å². The number of phenols is 5. The highest BCUT2D eigenvalue weighted by Crippen LogP contribution is 2.45. The van der Waals surface area contributed by atoms with Gasteiger partial charge in [0, 0.05) is 23.8 Å². The van der Waals surface area contributed by atoms with Gasteiger partial charge in [0.15, 0.2) is 28.6 Å². The van der Waals surface area contributed by atoms with Crippen molar-refractivity contribution >= 4 is 23.0 Å². The normalized spacial score (nSPS) is 22.2. The van der Waals surface area contributed by atoms with Crippen LogP contribution in [0.1, 0.15) is 17.2 Å². The molecule has 1 saturated heterocycles. The van der Waals surface area contributed by atoms with E-state index >= 15 is 0 Å². The molecule has 2 heterocycles. The number of aromatic hydroxyl groups is 5. The van der Waals surface area contributed by atoms with E-state index in [1.165, 1.54) is 36.4 Å². The molecule has 0 radical (unpaired) electrons. The Hall–Kier alpha value is -5.08. The maximum absolute atomic E-state index is 13.1. The van der Waals surface area contributed by atoms with Crippen LogP contribution in [0.15, 0.2) is 69.9 Å². The molecule has 13 nitrogen and oxygen atoms in total. The van der Waals surface area contributed by atoms with Gasteiger partial charge in [-0.3, -0.25) is 4.79 Å². The predicted octanol–water partition coefficient (Wildman–Crippen LogP) is 1.77. The van der Waals surface area contributed by atoms with Crippen molar-refractivity contribution in [2.24, 2.45) is 0 Å². The molecule has 13 heteroatoms. The molecular formula is C30H26O13. The summed E-state index contributed by atoms with van der Waals surface area (Å²) in [7, 11) is 0. The van der Waals surface area contributed by atoms with E-state index in [-0.39, 0.29) is 22.6 Å². The number of carbonyl (C=O) groups excluding carboxylic acids is 1. The summed E-state index contributed by atoms with van der Waals surface area (Å²) in [6.45, 7) is -0.797. The fraction of sp³-hybridized carbons (Fsp3) is 0.200. The van der Waals surface area contributed by atoms with Crippen molar-refractivity contribution < 1.29 is 59.5 Å². The summed E-state index contributed by atoms with van der Waals surface area (Å²) >= 11 is 0. The number of carbonyl (C=O) groups is 1. The van der Waals surface area contributed by atoms with Gasteiger partial charge in [0.05, 0.1) is 12.2 Å². The van der Waals surface area contributed by atoms with Gasteiger partial charge in [0.2, 0.25) is 0 Å².